The fourth-order valence-electron chi connectivity index (χ4n) is 1.54. The molecule has 2 atom stereocenters. The fourth-order valence-corrected chi connectivity index (χ4v) is 1.54. The lowest BCUT2D eigenvalue weighted by Gasteiger charge is -2.16. The molecule has 0 aliphatic rings. The Morgan fingerprint density at radius 3 is 2.82 bits per heavy atom. The van der Waals surface area contributed by atoms with Crippen LogP contribution in [0.3, 0.4) is 0 Å². The van der Waals surface area contributed by atoms with Crippen LogP contribution in [0.25, 0.3) is 0 Å². The van der Waals surface area contributed by atoms with E-state index in [0.29, 0.717) is 6.42 Å². The molecule has 1 unspecified atom stereocenters. The van der Waals surface area contributed by atoms with Crippen molar-refractivity contribution < 1.29 is 9.18 Å². The highest BCUT2D eigenvalue weighted by molar-refractivity contribution is 5.77. The van der Waals surface area contributed by atoms with Crippen molar-refractivity contribution in [2.24, 2.45) is 5.73 Å². The Morgan fingerprint density at radius 1 is 1.53 bits per heavy atom. The lowest BCUT2D eigenvalue weighted by molar-refractivity contribution is -0.122. The standard InChI is InChI=1S/C13H19FN2O/c1-3-12(15)8-13(17)16-9(2)10-5-4-6-11(14)7-10/h4-7,9,12H,3,8,15H2,1-2H3,(H,16,17)/t9-,12?/m1/s1. The van der Waals surface area contributed by atoms with Crippen LogP contribution in [0.5, 0.6) is 0 Å². The molecule has 0 saturated heterocycles. The zero-order chi connectivity index (χ0) is 12.8. The van der Waals surface area contributed by atoms with E-state index in [1.807, 2.05) is 13.8 Å². The Hall–Kier alpha value is -1.42. The van der Waals surface area contributed by atoms with Crippen LogP contribution >= 0.6 is 0 Å². The molecule has 0 aliphatic heterocycles. The molecule has 0 aromatic heterocycles. The summed E-state index contributed by atoms with van der Waals surface area (Å²) < 4.78 is 13.0. The number of halogens is 1. The summed E-state index contributed by atoms with van der Waals surface area (Å²) in [6, 6.07) is 5.89. The molecule has 1 aromatic carbocycles. The third-order valence-electron chi connectivity index (χ3n) is 2.70. The van der Waals surface area contributed by atoms with Crippen molar-refractivity contribution >= 4 is 5.91 Å². The summed E-state index contributed by atoms with van der Waals surface area (Å²) in [6.45, 7) is 3.76. The monoisotopic (exact) mass is 238 g/mol. The van der Waals surface area contributed by atoms with Gasteiger partial charge in [-0.1, -0.05) is 19.1 Å². The van der Waals surface area contributed by atoms with Crippen molar-refractivity contribution in [2.75, 3.05) is 0 Å². The zero-order valence-corrected chi connectivity index (χ0v) is 10.2. The molecule has 94 valence electrons. The number of rotatable bonds is 5. The second kappa shape index (κ2) is 6.35. The van der Waals surface area contributed by atoms with E-state index in [1.165, 1.54) is 12.1 Å². The number of carbonyl (C=O) groups excluding carboxylic acids is 1. The van der Waals surface area contributed by atoms with Crippen molar-refractivity contribution in [1.29, 1.82) is 0 Å². The second-order valence-electron chi connectivity index (χ2n) is 4.22. The molecule has 0 bridgehead atoms. The van der Waals surface area contributed by atoms with E-state index in [1.54, 1.807) is 12.1 Å². The maximum Gasteiger partial charge on any atom is 0.222 e. The third-order valence-corrected chi connectivity index (χ3v) is 2.70. The van der Waals surface area contributed by atoms with Crippen LogP contribution in [0.15, 0.2) is 24.3 Å². The molecule has 0 spiro atoms. The van der Waals surface area contributed by atoms with Crippen LogP contribution in [0.2, 0.25) is 0 Å². The first-order valence-electron chi connectivity index (χ1n) is 5.83. The molecule has 1 aromatic rings. The Morgan fingerprint density at radius 2 is 2.24 bits per heavy atom. The quantitative estimate of drug-likeness (QED) is 0.825. The molecule has 1 rings (SSSR count). The van der Waals surface area contributed by atoms with Crippen molar-refractivity contribution in [1.82, 2.24) is 5.32 Å². The van der Waals surface area contributed by atoms with Gasteiger partial charge in [0.25, 0.3) is 0 Å². The molecule has 0 heterocycles. The lowest BCUT2D eigenvalue weighted by atomic mass is 10.1. The number of hydrogen-bond acceptors (Lipinski definition) is 2. The molecule has 3 N–H and O–H groups in total. The van der Waals surface area contributed by atoms with Crippen LogP contribution in [0, 0.1) is 5.82 Å². The van der Waals surface area contributed by atoms with Gasteiger partial charge in [-0.2, -0.15) is 0 Å². The van der Waals surface area contributed by atoms with Gasteiger partial charge in [0.2, 0.25) is 5.91 Å². The van der Waals surface area contributed by atoms with Gasteiger partial charge in [0, 0.05) is 12.5 Å². The fraction of sp³-hybridized carbons (Fsp3) is 0.462. The second-order valence-corrected chi connectivity index (χ2v) is 4.22. The summed E-state index contributed by atoms with van der Waals surface area (Å²) in [5.41, 5.74) is 6.44. The Labute approximate surface area is 101 Å². The minimum atomic E-state index is -0.297. The molecule has 4 heteroatoms. The summed E-state index contributed by atoms with van der Waals surface area (Å²) in [6.07, 6.45) is 1.07. The largest absolute Gasteiger partial charge is 0.350 e. The summed E-state index contributed by atoms with van der Waals surface area (Å²) in [5, 5.41) is 2.80. The van der Waals surface area contributed by atoms with Crippen molar-refractivity contribution in [2.45, 2.75) is 38.8 Å². The smallest absolute Gasteiger partial charge is 0.222 e. The molecule has 0 fully saturated rings. The lowest BCUT2D eigenvalue weighted by Crippen LogP contribution is -2.32. The van der Waals surface area contributed by atoms with Crippen LogP contribution in [-0.4, -0.2) is 11.9 Å². The van der Waals surface area contributed by atoms with Gasteiger partial charge in [-0.05, 0) is 31.0 Å². The van der Waals surface area contributed by atoms with Crippen LogP contribution < -0.4 is 11.1 Å². The topological polar surface area (TPSA) is 55.1 Å². The summed E-state index contributed by atoms with van der Waals surface area (Å²) >= 11 is 0. The maximum absolute atomic E-state index is 13.0. The van der Waals surface area contributed by atoms with E-state index < -0.39 is 0 Å². The van der Waals surface area contributed by atoms with Crippen LogP contribution in [0.4, 0.5) is 4.39 Å². The van der Waals surface area contributed by atoms with E-state index in [9.17, 15) is 9.18 Å². The average molecular weight is 238 g/mol. The highest BCUT2D eigenvalue weighted by Gasteiger charge is 2.12. The molecule has 0 radical (unpaired) electrons. The maximum atomic E-state index is 13.0. The number of hydrogen-bond donors (Lipinski definition) is 2. The number of nitrogens with one attached hydrogen (secondary N) is 1. The minimum Gasteiger partial charge on any atom is -0.350 e. The molecular weight excluding hydrogens is 219 g/mol. The number of benzene rings is 1. The molecular formula is C13H19FN2O. The van der Waals surface area contributed by atoms with Gasteiger partial charge >= 0.3 is 0 Å². The Bertz CT molecular complexity index is 381. The normalized spacial score (nSPS) is 14.1. The predicted octanol–water partition coefficient (Wildman–Crippen LogP) is 2.13. The van der Waals surface area contributed by atoms with Crippen LogP contribution in [-0.2, 0) is 4.79 Å². The molecule has 0 aliphatic carbocycles. The van der Waals surface area contributed by atoms with Crippen molar-refractivity contribution in [3.05, 3.63) is 35.6 Å². The van der Waals surface area contributed by atoms with Crippen molar-refractivity contribution in [3.8, 4) is 0 Å². The number of carbonyl (C=O) groups is 1. The van der Waals surface area contributed by atoms with Gasteiger partial charge in [0.1, 0.15) is 5.82 Å². The first kappa shape index (κ1) is 13.6. The van der Waals surface area contributed by atoms with Gasteiger partial charge in [0.15, 0.2) is 0 Å². The summed E-state index contributed by atoms with van der Waals surface area (Å²) in [4.78, 5) is 11.6. The van der Waals surface area contributed by atoms with E-state index in [4.69, 9.17) is 5.73 Å². The van der Waals surface area contributed by atoms with Crippen molar-refractivity contribution in [3.63, 3.8) is 0 Å². The van der Waals surface area contributed by atoms with Gasteiger partial charge < -0.3 is 11.1 Å². The Balaban J connectivity index is 2.54. The summed E-state index contributed by atoms with van der Waals surface area (Å²) in [7, 11) is 0. The molecule has 0 saturated carbocycles. The first-order chi connectivity index (χ1) is 8.02. The van der Waals surface area contributed by atoms with Gasteiger partial charge in [0.05, 0.1) is 6.04 Å². The molecule has 17 heavy (non-hydrogen) atoms. The minimum absolute atomic E-state index is 0.101. The van der Waals surface area contributed by atoms with Gasteiger partial charge in [-0.15, -0.1) is 0 Å². The molecule has 3 nitrogen and oxygen atoms in total. The Kier molecular flexibility index (Phi) is 5.10. The third kappa shape index (κ3) is 4.53. The number of nitrogens with two attached hydrogens (primary N) is 1. The zero-order valence-electron chi connectivity index (χ0n) is 10.2. The predicted molar refractivity (Wildman–Crippen MR) is 65.8 cm³/mol. The average Bonchev–Trinajstić information content (AvgIpc) is 2.28. The molecule has 1 amide bonds. The van der Waals surface area contributed by atoms with E-state index in [0.717, 1.165) is 12.0 Å². The number of amides is 1. The first-order valence-corrected chi connectivity index (χ1v) is 5.83. The van der Waals surface area contributed by atoms with E-state index in [2.05, 4.69) is 5.32 Å². The SMILES string of the molecule is CCC(N)CC(=O)N[C@H](C)c1cccc(F)c1. The highest BCUT2D eigenvalue weighted by Crippen LogP contribution is 2.13. The van der Waals surface area contributed by atoms with Gasteiger partial charge in [-0.3, -0.25) is 4.79 Å². The highest BCUT2D eigenvalue weighted by atomic mass is 19.1. The van der Waals surface area contributed by atoms with E-state index >= 15 is 0 Å². The van der Waals surface area contributed by atoms with Gasteiger partial charge in [-0.25, -0.2) is 4.39 Å². The van der Waals surface area contributed by atoms with E-state index in [-0.39, 0.29) is 23.8 Å². The summed E-state index contributed by atoms with van der Waals surface area (Å²) in [5.74, 6) is -0.398. The van der Waals surface area contributed by atoms with Crippen LogP contribution in [0.1, 0.15) is 38.3 Å².